The molecular weight excluding hydrogens is 248 g/mol. The van der Waals surface area contributed by atoms with E-state index < -0.39 is 4.92 Å². The number of nitro benzene ring substituents is 1. The average Bonchev–Trinajstić information content (AvgIpc) is 2.11. The number of nitrogen functional groups attached to an aromatic ring is 1. The lowest BCUT2D eigenvalue weighted by atomic mass is 10.0. The highest BCUT2D eigenvalue weighted by Crippen LogP contribution is 2.37. The Morgan fingerprint density at radius 1 is 1.21 bits per heavy atom. The minimum absolute atomic E-state index is 0.0000231. The second kappa shape index (κ2) is 3.57. The monoisotopic (exact) mass is 258 g/mol. The van der Waals surface area contributed by atoms with Crippen molar-refractivity contribution >= 4 is 27.3 Å². The van der Waals surface area contributed by atoms with E-state index in [0.717, 1.165) is 15.6 Å². The summed E-state index contributed by atoms with van der Waals surface area (Å²) in [5.74, 6) is 0. The molecule has 0 spiro atoms. The second-order valence-corrected chi connectivity index (χ2v) is 4.00. The molecule has 0 heterocycles. The fourth-order valence-electron chi connectivity index (χ4n) is 1.37. The zero-order valence-electron chi connectivity index (χ0n) is 8.22. The van der Waals surface area contributed by atoms with Gasteiger partial charge in [0.25, 0.3) is 5.69 Å². The smallest absolute Gasteiger partial charge is 0.296 e. The highest BCUT2D eigenvalue weighted by atomic mass is 79.9. The third-order valence-electron chi connectivity index (χ3n) is 2.42. The summed E-state index contributed by atoms with van der Waals surface area (Å²) >= 11 is 3.32. The van der Waals surface area contributed by atoms with Crippen molar-refractivity contribution in [1.82, 2.24) is 0 Å². The summed E-state index contributed by atoms with van der Waals surface area (Å²) in [5.41, 5.74) is 8.24. The molecule has 0 fully saturated rings. The van der Waals surface area contributed by atoms with Crippen LogP contribution in [0.5, 0.6) is 0 Å². The van der Waals surface area contributed by atoms with Gasteiger partial charge in [-0.1, -0.05) is 0 Å². The Labute approximate surface area is 90.4 Å². The number of hydrogen-bond donors (Lipinski definition) is 1. The van der Waals surface area contributed by atoms with Crippen LogP contribution in [-0.4, -0.2) is 4.92 Å². The maximum absolute atomic E-state index is 10.8. The summed E-state index contributed by atoms with van der Waals surface area (Å²) in [6.45, 7) is 5.35. The molecule has 0 unspecified atom stereocenters. The van der Waals surface area contributed by atoms with Gasteiger partial charge in [-0.2, -0.15) is 0 Å². The summed E-state index contributed by atoms with van der Waals surface area (Å²) in [6, 6.07) is 0. The number of hydrogen-bond acceptors (Lipinski definition) is 3. The van der Waals surface area contributed by atoms with Gasteiger partial charge in [-0.3, -0.25) is 10.1 Å². The number of anilines is 1. The van der Waals surface area contributed by atoms with Gasteiger partial charge >= 0.3 is 0 Å². The number of rotatable bonds is 1. The molecule has 0 saturated heterocycles. The van der Waals surface area contributed by atoms with Crippen LogP contribution < -0.4 is 5.73 Å². The van der Waals surface area contributed by atoms with Gasteiger partial charge in [0, 0.05) is 10.0 Å². The van der Waals surface area contributed by atoms with Crippen molar-refractivity contribution in [3.05, 3.63) is 31.3 Å². The van der Waals surface area contributed by atoms with E-state index >= 15 is 0 Å². The first-order chi connectivity index (χ1) is 6.37. The van der Waals surface area contributed by atoms with Crippen LogP contribution in [0.25, 0.3) is 0 Å². The van der Waals surface area contributed by atoms with Crippen LogP contribution in [0.3, 0.4) is 0 Å². The highest BCUT2D eigenvalue weighted by molar-refractivity contribution is 9.10. The SMILES string of the molecule is Cc1c(C)c(Br)c(C)c([N+](=O)[O-])c1N. The van der Waals surface area contributed by atoms with Gasteiger partial charge in [0.1, 0.15) is 5.69 Å². The van der Waals surface area contributed by atoms with Crippen molar-refractivity contribution in [3.8, 4) is 0 Å². The molecule has 14 heavy (non-hydrogen) atoms. The number of nitro groups is 1. The average molecular weight is 259 g/mol. The fraction of sp³-hybridized carbons (Fsp3) is 0.333. The topological polar surface area (TPSA) is 69.2 Å². The Balaban J connectivity index is 3.68. The van der Waals surface area contributed by atoms with Crippen LogP contribution in [0.4, 0.5) is 11.4 Å². The summed E-state index contributed by atoms with van der Waals surface area (Å²) in [4.78, 5) is 10.3. The minimum atomic E-state index is -0.443. The van der Waals surface area contributed by atoms with E-state index in [4.69, 9.17) is 5.73 Å². The highest BCUT2D eigenvalue weighted by Gasteiger charge is 2.22. The summed E-state index contributed by atoms with van der Waals surface area (Å²) < 4.78 is 0.760. The standard InChI is InChI=1S/C9H11BrN2O2/c1-4-5(2)8(11)9(12(13)14)6(3)7(4)10/h11H2,1-3H3. The van der Waals surface area contributed by atoms with Crippen molar-refractivity contribution < 1.29 is 4.92 Å². The largest absolute Gasteiger partial charge is 0.393 e. The minimum Gasteiger partial charge on any atom is -0.393 e. The Kier molecular flexibility index (Phi) is 2.80. The summed E-state index contributed by atoms with van der Waals surface area (Å²) in [7, 11) is 0. The lowest BCUT2D eigenvalue weighted by molar-refractivity contribution is -0.384. The van der Waals surface area contributed by atoms with Gasteiger partial charge in [0.2, 0.25) is 0 Å². The Morgan fingerprint density at radius 2 is 1.71 bits per heavy atom. The molecule has 0 amide bonds. The van der Waals surface area contributed by atoms with Gasteiger partial charge in [-0.15, -0.1) is 0 Å². The predicted octanol–water partition coefficient (Wildman–Crippen LogP) is 2.86. The van der Waals surface area contributed by atoms with E-state index in [1.165, 1.54) is 0 Å². The van der Waals surface area contributed by atoms with Crippen molar-refractivity contribution in [1.29, 1.82) is 0 Å². The first kappa shape index (κ1) is 11.0. The number of nitrogens with zero attached hydrogens (tertiary/aromatic N) is 1. The zero-order valence-corrected chi connectivity index (χ0v) is 9.81. The normalized spacial score (nSPS) is 10.3. The van der Waals surface area contributed by atoms with Gasteiger partial charge in [-0.05, 0) is 47.8 Å². The lowest BCUT2D eigenvalue weighted by Gasteiger charge is -2.10. The van der Waals surface area contributed by atoms with Crippen LogP contribution in [-0.2, 0) is 0 Å². The van der Waals surface area contributed by atoms with E-state index in [-0.39, 0.29) is 11.4 Å². The molecule has 0 aliphatic heterocycles. The van der Waals surface area contributed by atoms with Crippen molar-refractivity contribution in [2.75, 3.05) is 5.73 Å². The molecule has 0 bridgehead atoms. The predicted molar refractivity (Wildman–Crippen MR) is 59.4 cm³/mol. The molecule has 0 aromatic heterocycles. The van der Waals surface area contributed by atoms with Crippen molar-refractivity contribution in [2.45, 2.75) is 20.8 Å². The van der Waals surface area contributed by atoms with Gasteiger partial charge in [-0.25, -0.2) is 0 Å². The van der Waals surface area contributed by atoms with Crippen LogP contribution in [0, 0.1) is 30.9 Å². The quantitative estimate of drug-likeness (QED) is 0.479. The third kappa shape index (κ3) is 1.48. The van der Waals surface area contributed by atoms with E-state index in [1.807, 2.05) is 6.92 Å². The van der Waals surface area contributed by atoms with Gasteiger partial charge in [0.15, 0.2) is 0 Å². The Morgan fingerprint density at radius 3 is 2.14 bits per heavy atom. The van der Waals surface area contributed by atoms with E-state index in [1.54, 1.807) is 13.8 Å². The second-order valence-electron chi connectivity index (χ2n) is 3.21. The molecule has 0 saturated carbocycles. The van der Waals surface area contributed by atoms with E-state index in [0.29, 0.717) is 5.56 Å². The number of nitrogens with two attached hydrogens (primary N) is 1. The molecule has 0 radical (unpaired) electrons. The maximum atomic E-state index is 10.8. The number of halogens is 1. The molecule has 0 aliphatic rings. The fourth-order valence-corrected chi connectivity index (χ4v) is 1.85. The maximum Gasteiger partial charge on any atom is 0.296 e. The van der Waals surface area contributed by atoms with Gasteiger partial charge in [0.05, 0.1) is 4.92 Å². The molecule has 4 nitrogen and oxygen atoms in total. The van der Waals surface area contributed by atoms with Crippen LogP contribution in [0.2, 0.25) is 0 Å². The van der Waals surface area contributed by atoms with Crippen molar-refractivity contribution in [3.63, 3.8) is 0 Å². The molecule has 0 atom stereocenters. The van der Waals surface area contributed by atoms with Crippen molar-refractivity contribution in [2.24, 2.45) is 0 Å². The lowest BCUT2D eigenvalue weighted by Crippen LogP contribution is -2.03. The first-order valence-electron chi connectivity index (χ1n) is 4.07. The zero-order chi connectivity index (χ0) is 11.0. The molecule has 76 valence electrons. The molecule has 5 heteroatoms. The molecule has 1 aromatic rings. The van der Waals surface area contributed by atoms with Crippen LogP contribution >= 0.6 is 15.9 Å². The Hall–Kier alpha value is -1.10. The van der Waals surface area contributed by atoms with E-state index in [9.17, 15) is 10.1 Å². The molecule has 0 aliphatic carbocycles. The molecule has 1 aromatic carbocycles. The van der Waals surface area contributed by atoms with Gasteiger partial charge < -0.3 is 5.73 Å². The van der Waals surface area contributed by atoms with Crippen LogP contribution in [0.1, 0.15) is 16.7 Å². The Bertz CT molecular complexity index is 387. The molecule has 1 rings (SSSR count). The molecular formula is C9H11BrN2O2. The summed E-state index contributed by atoms with van der Waals surface area (Å²) in [5, 5.41) is 10.8. The third-order valence-corrected chi connectivity index (χ3v) is 3.61. The molecule has 2 N–H and O–H groups in total. The summed E-state index contributed by atoms with van der Waals surface area (Å²) in [6.07, 6.45) is 0. The van der Waals surface area contributed by atoms with Crippen LogP contribution in [0.15, 0.2) is 4.47 Å². The van der Waals surface area contributed by atoms with E-state index in [2.05, 4.69) is 15.9 Å². The first-order valence-corrected chi connectivity index (χ1v) is 4.86. The number of benzene rings is 1.